The highest BCUT2D eigenvalue weighted by Gasteiger charge is 2.35. The van der Waals surface area contributed by atoms with Gasteiger partial charge in [-0.1, -0.05) is 61.5 Å². The molecule has 7 nitrogen and oxygen atoms in total. The largest absolute Gasteiger partial charge is 0.352 e. The molecule has 8 heteroatoms. The fourth-order valence-corrected chi connectivity index (χ4v) is 6.50. The summed E-state index contributed by atoms with van der Waals surface area (Å²) in [7, 11) is -3.66. The van der Waals surface area contributed by atoms with Crippen LogP contribution in [0.25, 0.3) is 10.8 Å². The van der Waals surface area contributed by atoms with E-state index in [9.17, 15) is 18.0 Å². The Kier molecular flexibility index (Phi) is 8.17. The number of benzene rings is 3. The monoisotopic (exact) mass is 521 g/mol. The van der Waals surface area contributed by atoms with Gasteiger partial charge in [0.1, 0.15) is 6.04 Å². The number of amides is 2. The lowest BCUT2D eigenvalue weighted by Crippen LogP contribution is -2.50. The average Bonchev–Trinajstić information content (AvgIpc) is 3.12. The van der Waals surface area contributed by atoms with Crippen LogP contribution in [0.5, 0.6) is 0 Å². The molecule has 0 saturated heterocycles. The summed E-state index contributed by atoms with van der Waals surface area (Å²) in [5, 5.41) is 4.59. The van der Waals surface area contributed by atoms with E-state index in [1.807, 2.05) is 68.4 Å². The Balaban J connectivity index is 1.46. The summed E-state index contributed by atoms with van der Waals surface area (Å²) in [5.74, 6) is -0.338. The molecule has 1 N–H and O–H groups in total. The lowest BCUT2D eigenvalue weighted by Gasteiger charge is -2.30. The second-order valence-electron chi connectivity index (χ2n) is 9.63. The fraction of sp³-hybridized carbons (Fsp3) is 0.379. The van der Waals surface area contributed by atoms with Crippen LogP contribution in [0.3, 0.4) is 0 Å². The second kappa shape index (κ2) is 11.3. The topological polar surface area (TPSA) is 86.8 Å². The lowest BCUT2D eigenvalue weighted by atomic mass is 10.1. The van der Waals surface area contributed by atoms with Gasteiger partial charge < -0.3 is 10.2 Å². The van der Waals surface area contributed by atoms with Gasteiger partial charge in [-0.3, -0.25) is 13.9 Å². The zero-order chi connectivity index (χ0) is 26.6. The first kappa shape index (κ1) is 26.7. The number of anilines is 1. The van der Waals surface area contributed by atoms with Crippen LogP contribution >= 0.6 is 0 Å². The number of sulfonamides is 1. The van der Waals surface area contributed by atoms with Crippen molar-refractivity contribution in [3.8, 4) is 0 Å². The van der Waals surface area contributed by atoms with Gasteiger partial charge in [-0.2, -0.15) is 0 Å². The van der Waals surface area contributed by atoms with Crippen molar-refractivity contribution >= 4 is 38.3 Å². The molecule has 2 atom stereocenters. The summed E-state index contributed by atoms with van der Waals surface area (Å²) in [5.41, 5.74) is 1.74. The number of hydrogen-bond donors (Lipinski definition) is 1. The first-order chi connectivity index (χ1) is 17.7. The van der Waals surface area contributed by atoms with Crippen LogP contribution in [-0.4, -0.2) is 50.3 Å². The molecule has 0 bridgehead atoms. The molecule has 0 unspecified atom stereocenters. The van der Waals surface area contributed by atoms with E-state index in [2.05, 4.69) is 5.32 Å². The molecular formula is C29H35N3O4S. The Morgan fingerprint density at radius 2 is 1.68 bits per heavy atom. The Morgan fingerprint density at radius 1 is 0.973 bits per heavy atom. The number of carbonyl (C=O) groups is 2. The van der Waals surface area contributed by atoms with Crippen LogP contribution in [0.4, 0.5) is 5.69 Å². The van der Waals surface area contributed by atoms with Crippen molar-refractivity contribution in [2.24, 2.45) is 0 Å². The molecule has 196 valence electrons. The van der Waals surface area contributed by atoms with Gasteiger partial charge in [0.15, 0.2) is 0 Å². The maximum Gasteiger partial charge on any atom is 0.265 e. The molecular weight excluding hydrogens is 486 g/mol. The maximum atomic E-state index is 13.4. The predicted molar refractivity (Wildman–Crippen MR) is 147 cm³/mol. The van der Waals surface area contributed by atoms with Crippen molar-refractivity contribution in [1.29, 1.82) is 0 Å². The fourth-order valence-electron chi connectivity index (χ4n) is 4.75. The van der Waals surface area contributed by atoms with Gasteiger partial charge in [-0.05, 0) is 56.2 Å². The standard InChI is InChI=1S/C29H35N3O4S/c1-4-21(2)30-29(34)22(3)31(20-18-23-11-6-5-7-12-23)27(33)17-10-19-32-25-15-8-13-24-14-9-16-26(28(24)25)37(32,35)36/h5-9,11-16,21-22H,4,10,17-20H2,1-3H3,(H,30,34)/t21-,22+/m0/s1. The molecule has 0 spiro atoms. The number of nitrogens with zero attached hydrogens (tertiary/aromatic N) is 2. The predicted octanol–water partition coefficient (Wildman–Crippen LogP) is 4.50. The molecule has 3 aromatic rings. The van der Waals surface area contributed by atoms with E-state index in [0.717, 1.165) is 22.8 Å². The van der Waals surface area contributed by atoms with Crippen LogP contribution < -0.4 is 9.62 Å². The molecule has 0 saturated carbocycles. The van der Waals surface area contributed by atoms with Gasteiger partial charge in [0.2, 0.25) is 11.8 Å². The SMILES string of the molecule is CC[C@H](C)NC(=O)[C@@H](C)N(CCc1ccccc1)C(=O)CCCN1c2cccc3cccc(c23)S1(=O)=O. The van der Waals surface area contributed by atoms with Gasteiger partial charge >= 0.3 is 0 Å². The second-order valence-corrected chi connectivity index (χ2v) is 11.5. The van der Waals surface area contributed by atoms with Crippen molar-refractivity contribution in [3.05, 3.63) is 72.3 Å². The molecule has 1 aliphatic heterocycles. The van der Waals surface area contributed by atoms with Gasteiger partial charge in [0.05, 0.1) is 10.6 Å². The van der Waals surface area contributed by atoms with Gasteiger partial charge in [-0.15, -0.1) is 0 Å². The average molecular weight is 522 g/mol. The molecule has 1 heterocycles. The van der Waals surface area contributed by atoms with Crippen molar-refractivity contribution in [1.82, 2.24) is 10.2 Å². The van der Waals surface area contributed by atoms with Crippen LogP contribution in [0.1, 0.15) is 45.6 Å². The molecule has 37 heavy (non-hydrogen) atoms. The Morgan fingerprint density at radius 3 is 2.38 bits per heavy atom. The summed E-state index contributed by atoms with van der Waals surface area (Å²) in [6.07, 6.45) is 1.93. The van der Waals surface area contributed by atoms with Crippen molar-refractivity contribution in [3.63, 3.8) is 0 Å². The van der Waals surface area contributed by atoms with Crippen molar-refractivity contribution < 1.29 is 18.0 Å². The van der Waals surface area contributed by atoms with Gasteiger partial charge in [0, 0.05) is 30.9 Å². The molecule has 0 fully saturated rings. The van der Waals surface area contributed by atoms with Crippen LogP contribution in [-0.2, 0) is 26.0 Å². The highest BCUT2D eigenvalue weighted by molar-refractivity contribution is 7.93. The smallest absolute Gasteiger partial charge is 0.265 e. The van der Waals surface area contributed by atoms with Crippen molar-refractivity contribution in [2.45, 2.75) is 63.4 Å². The molecule has 0 aromatic heterocycles. The van der Waals surface area contributed by atoms with E-state index < -0.39 is 16.1 Å². The van der Waals surface area contributed by atoms with Gasteiger partial charge in [0.25, 0.3) is 10.0 Å². The quantitative estimate of drug-likeness (QED) is 0.402. The minimum Gasteiger partial charge on any atom is -0.352 e. The summed E-state index contributed by atoms with van der Waals surface area (Å²) < 4.78 is 27.9. The zero-order valence-corrected chi connectivity index (χ0v) is 22.5. The minimum atomic E-state index is -3.66. The van der Waals surface area contributed by atoms with E-state index in [1.54, 1.807) is 24.0 Å². The van der Waals surface area contributed by atoms with E-state index in [0.29, 0.717) is 30.0 Å². The normalized spacial score (nSPS) is 15.4. The van der Waals surface area contributed by atoms with E-state index >= 15 is 0 Å². The summed E-state index contributed by atoms with van der Waals surface area (Å²) in [6.45, 7) is 6.30. The first-order valence-electron chi connectivity index (χ1n) is 12.9. The molecule has 2 amide bonds. The van der Waals surface area contributed by atoms with Crippen LogP contribution in [0.15, 0.2) is 71.6 Å². The summed E-state index contributed by atoms with van der Waals surface area (Å²) in [6, 6.07) is 20.1. The highest BCUT2D eigenvalue weighted by atomic mass is 32.2. The highest BCUT2D eigenvalue weighted by Crippen LogP contribution is 2.42. The third kappa shape index (κ3) is 5.64. The molecule has 3 aromatic carbocycles. The minimum absolute atomic E-state index is 0.0192. The summed E-state index contributed by atoms with van der Waals surface area (Å²) >= 11 is 0. The zero-order valence-electron chi connectivity index (χ0n) is 21.7. The van der Waals surface area contributed by atoms with Crippen LogP contribution in [0, 0.1) is 0 Å². The lowest BCUT2D eigenvalue weighted by molar-refractivity contribution is -0.140. The van der Waals surface area contributed by atoms with E-state index in [1.165, 1.54) is 4.31 Å². The first-order valence-corrected chi connectivity index (χ1v) is 14.4. The number of carbonyl (C=O) groups excluding carboxylic acids is 2. The van der Waals surface area contributed by atoms with Crippen molar-refractivity contribution in [2.75, 3.05) is 17.4 Å². The Labute approximate surface area is 219 Å². The third-order valence-electron chi connectivity index (χ3n) is 7.09. The molecule has 4 rings (SSSR count). The molecule has 0 aliphatic carbocycles. The number of hydrogen-bond acceptors (Lipinski definition) is 4. The van der Waals surface area contributed by atoms with Crippen LogP contribution in [0.2, 0.25) is 0 Å². The van der Waals surface area contributed by atoms with E-state index in [-0.39, 0.29) is 30.8 Å². The third-order valence-corrected chi connectivity index (χ3v) is 8.94. The Hall–Kier alpha value is -3.39. The molecule has 0 radical (unpaired) electrons. The maximum absolute atomic E-state index is 13.4. The number of rotatable bonds is 11. The summed E-state index contributed by atoms with van der Waals surface area (Å²) in [4.78, 5) is 28.2. The Bertz CT molecular complexity index is 1370. The molecule has 1 aliphatic rings. The number of nitrogens with one attached hydrogen (secondary N) is 1. The van der Waals surface area contributed by atoms with E-state index in [4.69, 9.17) is 0 Å². The van der Waals surface area contributed by atoms with Gasteiger partial charge in [-0.25, -0.2) is 8.42 Å².